The third kappa shape index (κ3) is 7.78. The fourth-order valence-electron chi connectivity index (χ4n) is 5.58. The average Bonchev–Trinajstić information content (AvgIpc) is 3.11. The Morgan fingerprint density at radius 2 is 1.81 bits per heavy atom. The summed E-state index contributed by atoms with van der Waals surface area (Å²) in [7, 11) is -0.761. The van der Waals surface area contributed by atoms with Gasteiger partial charge in [-0.3, -0.25) is 9.52 Å². The van der Waals surface area contributed by atoms with E-state index >= 15 is 0 Å². The number of fused-ring (bicyclic) bond motifs is 2. The van der Waals surface area contributed by atoms with Crippen LogP contribution in [0.4, 0.5) is 16.2 Å². The van der Waals surface area contributed by atoms with Crippen LogP contribution in [0.25, 0.3) is 10.8 Å². The summed E-state index contributed by atoms with van der Waals surface area (Å²) in [6.07, 6.45) is -0.618. The number of nitrogens with one attached hydrogen (secondary N) is 2. The molecule has 0 spiro atoms. The molecule has 4 aromatic carbocycles. The number of anilines is 2. The summed E-state index contributed by atoms with van der Waals surface area (Å²) in [6.45, 7) is 3.95. The smallest absolute Gasteiger partial charge is 0.321 e. The molecule has 12 heteroatoms. The van der Waals surface area contributed by atoms with Crippen molar-refractivity contribution in [1.29, 1.82) is 0 Å². The van der Waals surface area contributed by atoms with E-state index in [1.54, 1.807) is 54.1 Å². The molecule has 11 nitrogen and oxygen atoms in total. The Labute approximate surface area is 275 Å². The van der Waals surface area contributed by atoms with Crippen LogP contribution in [0.3, 0.4) is 0 Å². The molecule has 1 aliphatic rings. The number of likely N-dealkylation sites (N-methyl/N-ethyl adjacent to an activating group) is 1. The first-order valence-electron chi connectivity index (χ1n) is 15.4. The zero-order chi connectivity index (χ0) is 33.7. The summed E-state index contributed by atoms with van der Waals surface area (Å²) in [6, 6.07) is 23.5. The molecular weight excluding hydrogens is 620 g/mol. The number of urea groups is 1. The van der Waals surface area contributed by atoms with Crippen molar-refractivity contribution in [2.45, 2.75) is 37.3 Å². The van der Waals surface area contributed by atoms with E-state index in [4.69, 9.17) is 9.47 Å². The Bertz CT molecular complexity index is 1840. The van der Waals surface area contributed by atoms with E-state index in [1.165, 1.54) is 19.2 Å². The lowest BCUT2D eigenvalue weighted by atomic mass is 10.0. The van der Waals surface area contributed by atoms with Gasteiger partial charge in [0, 0.05) is 36.1 Å². The predicted molar refractivity (Wildman–Crippen MR) is 181 cm³/mol. The Hall–Kier alpha value is -4.81. The molecule has 0 fully saturated rings. The number of ether oxygens (including phenoxy) is 2. The topological polar surface area (TPSA) is 138 Å². The number of methoxy groups -OCH3 is 1. The molecule has 5 rings (SSSR count). The summed E-state index contributed by atoms with van der Waals surface area (Å²) in [5.74, 6) is 0.462. The third-order valence-corrected chi connectivity index (χ3v) is 9.77. The van der Waals surface area contributed by atoms with E-state index in [0.717, 1.165) is 10.8 Å². The third-order valence-electron chi connectivity index (χ3n) is 8.37. The van der Waals surface area contributed by atoms with Crippen molar-refractivity contribution >= 4 is 44.1 Å². The van der Waals surface area contributed by atoms with Gasteiger partial charge in [-0.25, -0.2) is 13.2 Å². The van der Waals surface area contributed by atoms with Gasteiger partial charge in [0.25, 0.3) is 10.0 Å². The molecule has 0 saturated heterocycles. The molecule has 248 valence electrons. The van der Waals surface area contributed by atoms with Gasteiger partial charge in [-0.1, -0.05) is 43.3 Å². The number of benzene rings is 4. The van der Waals surface area contributed by atoms with Crippen LogP contribution in [0.2, 0.25) is 0 Å². The summed E-state index contributed by atoms with van der Waals surface area (Å²) in [4.78, 5) is 30.2. The van der Waals surface area contributed by atoms with E-state index in [2.05, 4.69) is 10.0 Å². The first kappa shape index (κ1) is 33.6. The van der Waals surface area contributed by atoms with Gasteiger partial charge < -0.3 is 29.7 Å². The maximum Gasteiger partial charge on any atom is 0.321 e. The van der Waals surface area contributed by atoms with Crippen molar-refractivity contribution in [2.24, 2.45) is 5.92 Å². The predicted octanol–water partition coefficient (Wildman–Crippen LogP) is 4.96. The molecular formula is C35H40N4O7S. The monoisotopic (exact) mass is 660 g/mol. The zero-order valence-electron chi connectivity index (χ0n) is 26.8. The minimum atomic E-state index is -3.94. The van der Waals surface area contributed by atoms with Gasteiger partial charge in [0.1, 0.15) is 17.6 Å². The first-order chi connectivity index (χ1) is 22.5. The quantitative estimate of drug-likeness (QED) is 0.231. The molecule has 47 heavy (non-hydrogen) atoms. The van der Waals surface area contributed by atoms with Crippen LogP contribution < -0.4 is 19.5 Å². The summed E-state index contributed by atoms with van der Waals surface area (Å²) >= 11 is 0. The van der Waals surface area contributed by atoms with E-state index in [-0.39, 0.29) is 54.6 Å². The lowest BCUT2D eigenvalue weighted by Crippen LogP contribution is -2.48. The Morgan fingerprint density at radius 1 is 1.09 bits per heavy atom. The van der Waals surface area contributed by atoms with Gasteiger partial charge >= 0.3 is 6.03 Å². The van der Waals surface area contributed by atoms with E-state index in [0.29, 0.717) is 22.7 Å². The molecule has 4 aromatic rings. The number of nitrogens with zero attached hydrogens (tertiary/aromatic N) is 2. The van der Waals surface area contributed by atoms with Crippen LogP contribution in [-0.4, -0.2) is 81.3 Å². The van der Waals surface area contributed by atoms with Crippen molar-refractivity contribution in [3.8, 4) is 11.5 Å². The van der Waals surface area contributed by atoms with Crippen LogP contribution in [0, 0.1) is 5.92 Å². The van der Waals surface area contributed by atoms with Crippen LogP contribution in [0.1, 0.15) is 19.4 Å². The Kier molecular flexibility index (Phi) is 10.2. The minimum Gasteiger partial charge on any atom is -0.497 e. The van der Waals surface area contributed by atoms with Crippen molar-refractivity contribution in [1.82, 2.24) is 9.80 Å². The maximum absolute atomic E-state index is 13.6. The molecule has 0 saturated carbocycles. The second-order valence-corrected chi connectivity index (χ2v) is 13.5. The highest BCUT2D eigenvalue weighted by molar-refractivity contribution is 7.92. The molecule has 0 bridgehead atoms. The van der Waals surface area contributed by atoms with Crippen LogP contribution in [0.15, 0.2) is 89.8 Å². The standard InChI is InChI=1S/C35H40N4O7S/c1-23-20-39(24(2)22-40)34(41)19-26-18-27(37-47(43,44)29-15-13-28(45-4)14-16-29)12-17-32(26)46-33(23)21-38(3)35(42)36-31-11-7-9-25-8-5-6-10-30(25)31/h5-18,23-24,33,37,40H,19-22H2,1-4H3,(H,36,42)/t23-,24+,33+/m0/s1. The van der Waals surface area contributed by atoms with Gasteiger partial charge in [0.15, 0.2) is 0 Å². The van der Waals surface area contributed by atoms with Gasteiger partial charge in [0.2, 0.25) is 5.91 Å². The number of aliphatic hydroxyl groups is 1. The average molecular weight is 661 g/mol. The molecule has 1 aliphatic heterocycles. The highest BCUT2D eigenvalue weighted by atomic mass is 32.2. The zero-order valence-corrected chi connectivity index (χ0v) is 27.7. The number of carbonyl (C=O) groups excluding carboxylic acids is 2. The van der Waals surface area contributed by atoms with Gasteiger partial charge in [-0.2, -0.15) is 0 Å². The highest BCUT2D eigenvalue weighted by Gasteiger charge is 2.32. The Balaban J connectivity index is 1.40. The number of sulfonamides is 1. The normalized spacial score (nSPS) is 17.4. The number of hydrogen-bond acceptors (Lipinski definition) is 7. The summed E-state index contributed by atoms with van der Waals surface area (Å²) in [5, 5.41) is 14.9. The van der Waals surface area contributed by atoms with Crippen molar-refractivity contribution in [3.63, 3.8) is 0 Å². The Morgan fingerprint density at radius 3 is 2.53 bits per heavy atom. The van der Waals surface area contributed by atoms with Crippen molar-refractivity contribution in [2.75, 3.05) is 43.9 Å². The van der Waals surface area contributed by atoms with E-state index < -0.39 is 22.2 Å². The number of amides is 3. The fourth-order valence-corrected chi connectivity index (χ4v) is 6.63. The summed E-state index contributed by atoms with van der Waals surface area (Å²) in [5.41, 5.74) is 1.42. The number of hydrogen-bond donors (Lipinski definition) is 3. The van der Waals surface area contributed by atoms with Crippen LogP contribution in [0.5, 0.6) is 11.5 Å². The van der Waals surface area contributed by atoms with Crippen LogP contribution in [-0.2, 0) is 21.2 Å². The number of carbonyl (C=O) groups is 2. The minimum absolute atomic E-state index is 0.0517. The van der Waals surface area contributed by atoms with Crippen molar-refractivity contribution in [3.05, 3.63) is 90.5 Å². The molecule has 0 unspecified atom stereocenters. The molecule has 3 N–H and O–H groups in total. The van der Waals surface area contributed by atoms with Gasteiger partial charge in [-0.05, 0) is 60.8 Å². The molecule has 1 heterocycles. The van der Waals surface area contributed by atoms with E-state index in [1.807, 2.05) is 49.4 Å². The van der Waals surface area contributed by atoms with Crippen LogP contribution >= 0.6 is 0 Å². The lowest BCUT2D eigenvalue weighted by Gasteiger charge is -2.34. The maximum atomic E-state index is 13.6. The summed E-state index contributed by atoms with van der Waals surface area (Å²) < 4.78 is 40.5. The SMILES string of the molecule is COc1ccc(S(=O)(=O)Nc2ccc3c(c2)CC(=O)N([C@H](C)CO)C[C@H](C)[C@@H](CN(C)C(=O)Nc2cccc4ccccc24)O3)cc1. The molecule has 0 aliphatic carbocycles. The number of rotatable bonds is 9. The lowest BCUT2D eigenvalue weighted by molar-refractivity contribution is -0.134. The first-order valence-corrected chi connectivity index (χ1v) is 16.8. The largest absolute Gasteiger partial charge is 0.497 e. The molecule has 3 atom stereocenters. The van der Waals surface area contributed by atoms with Crippen molar-refractivity contribution < 1.29 is 32.6 Å². The van der Waals surface area contributed by atoms with Gasteiger partial charge in [-0.15, -0.1) is 0 Å². The second-order valence-electron chi connectivity index (χ2n) is 11.8. The molecule has 0 aromatic heterocycles. The van der Waals surface area contributed by atoms with E-state index in [9.17, 15) is 23.1 Å². The number of aliphatic hydroxyl groups excluding tert-OH is 1. The molecule has 0 radical (unpaired) electrons. The molecule has 3 amide bonds. The van der Waals surface area contributed by atoms with Gasteiger partial charge in [0.05, 0.1) is 43.3 Å². The highest BCUT2D eigenvalue weighted by Crippen LogP contribution is 2.31. The fraction of sp³-hybridized carbons (Fsp3) is 0.314. The second kappa shape index (κ2) is 14.3.